The molecule has 2 aromatic rings. The fourth-order valence-corrected chi connectivity index (χ4v) is 2.75. The molecule has 0 radical (unpaired) electrons. The first-order valence-electron chi connectivity index (χ1n) is 6.35. The molecule has 0 aliphatic heterocycles. The van der Waals surface area contributed by atoms with E-state index in [2.05, 4.69) is 60.3 Å². The van der Waals surface area contributed by atoms with E-state index in [1.165, 1.54) is 16.1 Å². The van der Waals surface area contributed by atoms with Crippen LogP contribution in [0.15, 0.2) is 17.5 Å². The summed E-state index contributed by atoms with van der Waals surface area (Å²) < 4.78 is 2.13. The maximum atomic E-state index is 4.60. The van der Waals surface area contributed by atoms with E-state index in [1.807, 2.05) is 0 Å². The van der Waals surface area contributed by atoms with Crippen molar-refractivity contribution in [2.24, 2.45) is 0 Å². The standard InChI is InChI=1S/C14H21N3S/c1-10(8-15-9-14-6-5-7-18-14)17-13(4)11(2)12(3)16-17/h5-7,10,15H,8-9H2,1-4H3. The van der Waals surface area contributed by atoms with Crippen molar-refractivity contribution in [3.8, 4) is 0 Å². The third-order valence-electron chi connectivity index (χ3n) is 3.42. The minimum atomic E-state index is 0.386. The summed E-state index contributed by atoms with van der Waals surface area (Å²) in [5, 5.41) is 10.2. The smallest absolute Gasteiger partial charge is 0.0625 e. The van der Waals surface area contributed by atoms with E-state index in [0.717, 1.165) is 18.8 Å². The van der Waals surface area contributed by atoms with Crippen LogP contribution in [0, 0.1) is 20.8 Å². The maximum absolute atomic E-state index is 4.60. The summed E-state index contributed by atoms with van der Waals surface area (Å²) in [6.07, 6.45) is 0. The van der Waals surface area contributed by atoms with Crippen LogP contribution in [0.4, 0.5) is 0 Å². The quantitative estimate of drug-likeness (QED) is 0.897. The Hall–Kier alpha value is -1.13. The Morgan fingerprint density at radius 2 is 2.17 bits per heavy atom. The Bertz CT molecular complexity index is 499. The predicted molar refractivity (Wildman–Crippen MR) is 77.2 cm³/mol. The lowest BCUT2D eigenvalue weighted by Crippen LogP contribution is -2.24. The fraction of sp³-hybridized carbons (Fsp3) is 0.500. The molecule has 0 aromatic carbocycles. The van der Waals surface area contributed by atoms with Crippen LogP contribution >= 0.6 is 11.3 Å². The Labute approximate surface area is 113 Å². The van der Waals surface area contributed by atoms with Crippen LogP contribution in [0.1, 0.15) is 34.8 Å². The zero-order valence-electron chi connectivity index (χ0n) is 11.5. The Morgan fingerprint density at radius 1 is 1.39 bits per heavy atom. The minimum Gasteiger partial charge on any atom is -0.310 e. The van der Waals surface area contributed by atoms with E-state index in [-0.39, 0.29) is 0 Å². The summed E-state index contributed by atoms with van der Waals surface area (Å²) in [5.74, 6) is 0. The molecule has 3 nitrogen and oxygen atoms in total. The minimum absolute atomic E-state index is 0.386. The van der Waals surface area contributed by atoms with Crippen LogP contribution in [0.3, 0.4) is 0 Å². The van der Waals surface area contributed by atoms with Gasteiger partial charge >= 0.3 is 0 Å². The molecule has 0 spiro atoms. The Morgan fingerprint density at radius 3 is 2.72 bits per heavy atom. The molecule has 2 aromatic heterocycles. The summed E-state index contributed by atoms with van der Waals surface area (Å²) in [6.45, 7) is 10.5. The third-order valence-corrected chi connectivity index (χ3v) is 4.30. The zero-order valence-corrected chi connectivity index (χ0v) is 12.3. The highest BCUT2D eigenvalue weighted by Crippen LogP contribution is 2.16. The fourth-order valence-electron chi connectivity index (χ4n) is 2.08. The van der Waals surface area contributed by atoms with Gasteiger partial charge < -0.3 is 5.32 Å². The van der Waals surface area contributed by atoms with Crippen LogP contribution < -0.4 is 5.32 Å². The van der Waals surface area contributed by atoms with E-state index in [4.69, 9.17) is 0 Å². The molecule has 18 heavy (non-hydrogen) atoms. The van der Waals surface area contributed by atoms with Crippen LogP contribution in [-0.2, 0) is 6.54 Å². The summed E-state index contributed by atoms with van der Waals surface area (Å²) >= 11 is 1.80. The van der Waals surface area contributed by atoms with Crippen LogP contribution in [0.5, 0.6) is 0 Å². The van der Waals surface area contributed by atoms with Crippen molar-refractivity contribution in [2.45, 2.75) is 40.3 Å². The molecule has 0 aliphatic carbocycles. The normalized spacial score (nSPS) is 12.9. The average molecular weight is 263 g/mol. The van der Waals surface area contributed by atoms with Crippen LogP contribution in [0.2, 0.25) is 0 Å². The van der Waals surface area contributed by atoms with Gasteiger partial charge in [-0.3, -0.25) is 4.68 Å². The van der Waals surface area contributed by atoms with Crippen molar-refractivity contribution >= 4 is 11.3 Å². The highest BCUT2D eigenvalue weighted by atomic mass is 32.1. The molecule has 0 saturated carbocycles. The molecule has 0 bridgehead atoms. The summed E-state index contributed by atoms with van der Waals surface area (Å²) in [5.41, 5.74) is 3.72. The highest BCUT2D eigenvalue weighted by Gasteiger charge is 2.12. The Balaban J connectivity index is 1.91. The van der Waals surface area contributed by atoms with E-state index < -0.39 is 0 Å². The molecule has 2 rings (SSSR count). The van der Waals surface area contributed by atoms with E-state index in [0.29, 0.717) is 6.04 Å². The maximum Gasteiger partial charge on any atom is 0.0625 e. The van der Waals surface area contributed by atoms with Crippen LogP contribution in [0.25, 0.3) is 0 Å². The molecule has 1 unspecified atom stereocenters. The van der Waals surface area contributed by atoms with Gasteiger partial charge in [-0.25, -0.2) is 0 Å². The number of rotatable bonds is 5. The Kier molecular flexibility index (Phi) is 4.19. The number of thiophene rings is 1. The number of aromatic nitrogens is 2. The van der Waals surface area contributed by atoms with Crippen molar-refractivity contribution < 1.29 is 0 Å². The first kappa shape index (κ1) is 13.3. The van der Waals surface area contributed by atoms with Gasteiger partial charge in [-0.1, -0.05) is 6.07 Å². The number of nitrogens with zero attached hydrogens (tertiary/aromatic N) is 2. The van der Waals surface area contributed by atoms with E-state index in [1.54, 1.807) is 11.3 Å². The lowest BCUT2D eigenvalue weighted by Gasteiger charge is -2.15. The summed E-state index contributed by atoms with van der Waals surface area (Å²) in [4.78, 5) is 1.38. The van der Waals surface area contributed by atoms with Gasteiger partial charge in [0.15, 0.2) is 0 Å². The molecule has 0 fully saturated rings. The number of hydrogen-bond acceptors (Lipinski definition) is 3. The number of hydrogen-bond donors (Lipinski definition) is 1. The monoisotopic (exact) mass is 263 g/mol. The molecule has 1 N–H and O–H groups in total. The molecule has 0 amide bonds. The zero-order chi connectivity index (χ0) is 13.1. The van der Waals surface area contributed by atoms with Crippen molar-refractivity contribution in [1.82, 2.24) is 15.1 Å². The molecule has 2 heterocycles. The molecule has 4 heteroatoms. The van der Waals surface area contributed by atoms with Gasteiger partial charge in [0.25, 0.3) is 0 Å². The topological polar surface area (TPSA) is 29.9 Å². The summed E-state index contributed by atoms with van der Waals surface area (Å²) in [6, 6.07) is 4.64. The lowest BCUT2D eigenvalue weighted by molar-refractivity contribution is 0.444. The van der Waals surface area contributed by atoms with Gasteiger partial charge in [0.2, 0.25) is 0 Å². The first-order chi connectivity index (χ1) is 8.59. The van der Waals surface area contributed by atoms with Crippen molar-refractivity contribution in [3.05, 3.63) is 39.3 Å². The number of nitrogens with one attached hydrogen (secondary N) is 1. The molecule has 1 atom stereocenters. The molecule has 0 aliphatic rings. The van der Waals surface area contributed by atoms with Crippen molar-refractivity contribution in [1.29, 1.82) is 0 Å². The highest BCUT2D eigenvalue weighted by molar-refractivity contribution is 7.09. The first-order valence-corrected chi connectivity index (χ1v) is 7.23. The SMILES string of the molecule is Cc1nn(C(C)CNCc2cccs2)c(C)c1C. The van der Waals surface area contributed by atoms with Crippen molar-refractivity contribution in [2.75, 3.05) is 6.54 Å². The second-order valence-corrected chi connectivity index (χ2v) is 5.83. The molecular weight excluding hydrogens is 242 g/mol. The second-order valence-electron chi connectivity index (χ2n) is 4.80. The largest absolute Gasteiger partial charge is 0.310 e. The van der Waals surface area contributed by atoms with Gasteiger partial charge in [-0.15, -0.1) is 11.3 Å². The van der Waals surface area contributed by atoms with Gasteiger partial charge in [0.05, 0.1) is 11.7 Å². The third kappa shape index (κ3) is 2.82. The molecular formula is C14H21N3S. The van der Waals surface area contributed by atoms with Gasteiger partial charge in [-0.2, -0.15) is 5.10 Å². The van der Waals surface area contributed by atoms with Gasteiger partial charge in [0, 0.05) is 23.7 Å². The van der Waals surface area contributed by atoms with E-state index in [9.17, 15) is 0 Å². The van der Waals surface area contributed by atoms with Crippen molar-refractivity contribution in [3.63, 3.8) is 0 Å². The lowest BCUT2D eigenvalue weighted by atomic mass is 10.2. The molecule has 0 saturated heterocycles. The van der Waals surface area contributed by atoms with Crippen LogP contribution in [-0.4, -0.2) is 16.3 Å². The van der Waals surface area contributed by atoms with E-state index >= 15 is 0 Å². The van der Waals surface area contributed by atoms with Gasteiger partial charge in [-0.05, 0) is 44.7 Å². The predicted octanol–water partition coefficient (Wildman–Crippen LogP) is 3.22. The van der Waals surface area contributed by atoms with Gasteiger partial charge in [0.1, 0.15) is 0 Å². The number of aryl methyl sites for hydroxylation is 1. The average Bonchev–Trinajstić information content (AvgIpc) is 2.94. The molecule has 98 valence electrons. The summed E-state index contributed by atoms with van der Waals surface area (Å²) in [7, 11) is 0. The second kappa shape index (κ2) is 5.67.